The van der Waals surface area contributed by atoms with Gasteiger partial charge in [0, 0.05) is 37.2 Å². The highest BCUT2D eigenvalue weighted by atomic mass is 127. The van der Waals surface area contributed by atoms with E-state index in [1.807, 2.05) is 0 Å². The quantitative estimate of drug-likeness (QED) is 0.287. The van der Waals surface area contributed by atoms with Crippen molar-refractivity contribution < 1.29 is 9.59 Å². The van der Waals surface area contributed by atoms with Gasteiger partial charge in [-0.2, -0.15) is 5.10 Å². The number of rotatable bonds is 4. The van der Waals surface area contributed by atoms with Gasteiger partial charge in [0.05, 0.1) is 6.04 Å². The largest absolute Gasteiger partial charge is 0.340 e. The number of hydrogen-bond acceptors (Lipinski definition) is 3. The van der Waals surface area contributed by atoms with Crippen LogP contribution in [0.2, 0.25) is 0 Å². The molecule has 3 fully saturated rings. The van der Waals surface area contributed by atoms with Crippen molar-refractivity contribution in [1.82, 2.24) is 19.6 Å². The molecule has 1 aromatic heterocycles. The lowest BCUT2D eigenvalue weighted by molar-refractivity contribution is -0.134. The van der Waals surface area contributed by atoms with E-state index in [2.05, 4.69) is 44.0 Å². The van der Waals surface area contributed by atoms with Crippen molar-refractivity contribution in [2.75, 3.05) is 13.1 Å². The van der Waals surface area contributed by atoms with Gasteiger partial charge in [-0.15, -0.1) is 0 Å². The minimum Gasteiger partial charge on any atom is -0.340 e. The molecule has 0 radical (unpaired) electrons. The van der Waals surface area contributed by atoms with E-state index in [4.69, 9.17) is 5.10 Å². The summed E-state index contributed by atoms with van der Waals surface area (Å²) in [5, 5.41) is 5.07. The van der Waals surface area contributed by atoms with E-state index in [0.29, 0.717) is 30.0 Å². The average molecular weight is 763 g/mol. The summed E-state index contributed by atoms with van der Waals surface area (Å²) in [5.41, 5.74) is 2.15. The summed E-state index contributed by atoms with van der Waals surface area (Å²) in [6, 6.07) is 1.05. The normalized spacial score (nSPS) is 27.2. The lowest BCUT2D eigenvalue weighted by Crippen LogP contribution is -2.46. The molecule has 2 amide bonds. The number of carbonyl (C=O) groups excluding carboxylic acids is 2. The van der Waals surface area contributed by atoms with Gasteiger partial charge < -0.3 is 9.80 Å². The molecule has 0 N–H and O–H groups in total. The first-order valence-electron chi connectivity index (χ1n) is 20.4. The number of carbonyl (C=O) groups is 2. The summed E-state index contributed by atoms with van der Waals surface area (Å²) in [5.74, 6) is 1.27. The summed E-state index contributed by atoms with van der Waals surface area (Å²) >= 11 is 2.40. The van der Waals surface area contributed by atoms with E-state index in [-0.39, 0.29) is 5.91 Å². The first-order chi connectivity index (χ1) is 23.0. The molecular weight excluding hydrogens is 695 g/mol. The monoisotopic (exact) mass is 762 g/mol. The molecule has 2 aliphatic heterocycles. The van der Waals surface area contributed by atoms with Crippen molar-refractivity contribution in [2.24, 2.45) is 5.92 Å². The molecule has 5 rings (SSSR count). The molecule has 1 saturated heterocycles. The van der Waals surface area contributed by atoms with E-state index in [9.17, 15) is 9.59 Å². The van der Waals surface area contributed by atoms with Gasteiger partial charge in [0.25, 0.3) is 5.91 Å². The van der Waals surface area contributed by atoms with Crippen molar-refractivity contribution in [3.8, 4) is 0 Å². The fourth-order valence-corrected chi connectivity index (χ4v) is 10.2. The minimum atomic E-state index is 0.263. The highest BCUT2D eigenvalue weighted by Crippen LogP contribution is 2.34. The minimum absolute atomic E-state index is 0.263. The van der Waals surface area contributed by atoms with E-state index < -0.39 is 0 Å². The molecule has 0 aromatic carbocycles. The Kier molecular flexibility index (Phi) is 15.7. The van der Waals surface area contributed by atoms with Crippen LogP contribution in [-0.4, -0.2) is 56.6 Å². The SMILES string of the molecule is CC(C1CCCCCC(N2CCc3c(I)nn(C4CCCCCCCCC4)c3C2=O)CCCC1)N1CCCCCCCCCCC1=O. The molecule has 2 aliphatic carbocycles. The Morgan fingerprint density at radius 2 is 1.09 bits per heavy atom. The van der Waals surface area contributed by atoms with Crippen LogP contribution < -0.4 is 0 Å². The van der Waals surface area contributed by atoms with Crippen LogP contribution in [-0.2, 0) is 11.2 Å². The topological polar surface area (TPSA) is 58.4 Å². The van der Waals surface area contributed by atoms with Gasteiger partial charge in [-0.25, -0.2) is 0 Å². The predicted octanol–water partition coefficient (Wildman–Crippen LogP) is 10.8. The van der Waals surface area contributed by atoms with Crippen LogP contribution in [0.1, 0.15) is 202 Å². The Morgan fingerprint density at radius 3 is 1.74 bits per heavy atom. The molecule has 266 valence electrons. The van der Waals surface area contributed by atoms with Crippen LogP contribution in [0.3, 0.4) is 0 Å². The van der Waals surface area contributed by atoms with Gasteiger partial charge in [-0.1, -0.05) is 116 Å². The Bertz CT molecular complexity index is 1090. The van der Waals surface area contributed by atoms with Gasteiger partial charge in [0.2, 0.25) is 5.91 Å². The molecule has 47 heavy (non-hydrogen) atoms. The molecule has 4 aliphatic rings. The van der Waals surface area contributed by atoms with Gasteiger partial charge in [0.15, 0.2) is 0 Å². The van der Waals surface area contributed by atoms with E-state index in [1.54, 1.807) is 0 Å². The number of fused-ring (bicyclic) bond motifs is 1. The lowest BCUT2D eigenvalue weighted by Gasteiger charge is -2.36. The molecule has 3 atom stereocenters. The zero-order valence-corrected chi connectivity index (χ0v) is 32.2. The second kappa shape index (κ2) is 19.9. The molecule has 6 nitrogen and oxygen atoms in total. The highest BCUT2D eigenvalue weighted by molar-refractivity contribution is 14.1. The third-order valence-electron chi connectivity index (χ3n) is 12.4. The molecule has 3 heterocycles. The standard InChI is InChI=1S/C40H67IN4O2/c1-32(43-30-21-12-8-3-2-7-11-18-28-37(43)46)33-22-14-13-17-24-34(25-20-19-23-33)44-31-29-36-38(40(44)47)45(42-39(36)41)35-26-15-9-5-4-6-10-16-27-35/h32-35H,2-31H2,1H3. The fraction of sp³-hybridized carbons (Fsp3) is 0.875. The Labute approximate surface area is 301 Å². The molecule has 7 heteroatoms. The highest BCUT2D eigenvalue weighted by Gasteiger charge is 2.36. The van der Waals surface area contributed by atoms with Gasteiger partial charge in [-0.05, 0) is 93.2 Å². The fourth-order valence-electron chi connectivity index (χ4n) is 9.41. The molecule has 1 aromatic rings. The Morgan fingerprint density at radius 1 is 0.596 bits per heavy atom. The Hall–Kier alpha value is -1.12. The van der Waals surface area contributed by atoms with Crippen molar-refractivity contribution in [3.05, 3.63) is 15.0 Å². The van der Waals surface area contributed by atoms with Gasteiger partial charge in [-0.3, -0.25) is 14.3 Å². The smallest absolute Gasteiger partial charge is 0.272 e. The predicted molar refractivity (Wildman–Crippen MR) is 202 cm³/mol. The van der Waals surface area contributed by atoms with Crippen molar-refractivity contribution in [1.29, 1.82) is 0 Å². The maximum atomic E-state index is 14.4. The van der Waals surface area contributed by atoms with Crippen LogP contribution in [0.25, 0.3) is 0 Å². The maximum absolute atomic E-state index is 14.4. The van der Waals surface area contributed by atoms with Crippen LogP contribution >= 0.6 is 22.6 Å². The zero-order valence-electron chi connectivity index (χ0n) is 30.0. The third-order valence-corrected chi connectivity index (χ3v) is 13.3. The third kappa shape index (κ3) is 10.7. The van der Waals surface area contributed by atoms with Crippen LogP contribution in [0.4, 0.5) is 0 Å². The second-order valence-electron chi connectivity index (χ2n) is 15.8. The van der Waals surface area contributed by atoms with E-state index >= 15 is 0 Å². The number of hydrogen-bond donors (Lipinski definition) is 0. The molecule has 3 unspecified atom stereocenters. The second-order valence-corrected chi connectivity index (χ2v) is 16.8. The van der Waals surface area contributed by atoms with Gasteiger partial charge >= 0.3 is 0 Å². The zero-order chi connectivity index (χ0) is 32.8. The van der Waals surface area contributed by atoms with Crippen molar-refractivity contribution in [3.63, 3.8) is 0 Å². The Balaban J connectivity index is 1.21. The van der Waals surface area contributed by atoms with Crippen LogP contribution in [0, 0.1) is 9.62 Å². The number of halogens is 1. The number of amides is 2. The van der Waals surface area contributed by atoms with Crippen molar-refractivity contribution >= 4 is 34.4 Å². The van der Waals surface area contributed by atoms with Crippen molar-refractivity contribution in [2.45, 2.75) is 205 Å². The summed E-state index contributed by atoms with van der Waals surface area (Å²) in [7, 11) is 0. The summed E-state index contributed by atoms with van der Waals surface area (Å²) in [6.07, 6.45) is 34.0. The number of aromatic nitrogens is 2. The molecule has 0 spiro atoms. The summed E-state index contributed by atoms with van der Waals surface area (Å²) in [6.45, 7) is 4.16. The average Bonchev–Trinajstić information content (AvgIpc) is 3.38. The summed E-state index contributed by atoms with van der Waals surface area (Å²) < 4.78 is 3.27. The van der Waals surface area contributed by atoms with Crippen LogP contribution in [0.5, 0.6) is 0 Å². The number of nitrogens with zero attached hydrogens (tertiary/aromatic N) is 4. The summed E-state index contributed by atoms with van der Waals surface area (Å²) in [4.78, 5) is 32.4. The van der Waals surface area contributed by atoms with E-state index in [0.717, 1.165) is 73.9 Å². The van der Waals surface area contributed by atoms with Gasteiger partial charge in [0.1, 0.15) is 9.39 Å². The van der Waals surface area contributed by atoms with E-state index in [1.165, 1.54) is 134 Å². The van der Waals surface area contributed by atoms with Crippen LogP contribution in [0.15, 0.2) is 0 Å². The lowest BCUT2D eigenvalue weighted by atomic mass is 9.88. The molecular formula is C40H67IN4O2. The first-order valence-corrected chi connectivity index (χ1v) is 21.5. The maximum Gasteiger partial charge on any atom is 0.272 e. The molecule has 2 saturated carbocycles. The molecule has 0 bridgehead atoms. The first kappa shape index (κ1) is 37.1.